The molecule has 1 aliphatic heterocycles. The first kappa shape index (κ1) is 8.67. The van der Waals surface area contributed by atoms with E-state index in [9.17, 15) is 5.11 Å². The highest BCUT2D eigenvalue weighted by molar-refractivity contribution is 5.10. The quantitative estimate of drug-likeness (QED) is 0.493. The molecule has 4 nitrogen and oxygen atoms in total. The highest BCUT2D eigenvalue weighted by atomic mass is 16.7. The Kier molecular flexibility index (Phi) is 2.62. The largest absolute Gasteiger partial charge is 0.386 e. The summed E-state index contributed by atoms with van der Waals surface area (Å²) < 4.78 is 9.90. The molecular formula is C7H13NO3. The van der Waals surface area contributed by atoms with E-state index in [1.165, 1.54) is 7.11 Å². The zero-order valence-electron chi connectivity index (χ0n) is 6.49. The van der Waals surface area contributed by atoms with Crippen molar-refractivity contribution in [2.45, 2.75) is 18.4 Å². The Labute approximate surface area is 65.6 Å². The second-order valence-electron chi connectivity index (χ2n) is 2.59. The van der Waals surface area contributed by atoms with Crippen LogP contribution in [0.5, 0.6) is 0 Å². The Morgan fingerprint density at radius 3 is 3.00 bits per heavy atom. The van der Waals surface area contributed by atoms with Crippen LogP contribution in [0.3, 0.4) is 0 Å². The van der Waals surface area contributed by atoms with Crippen LogP contribution in [0.15, 0.2) is 12.2 Å². The molecule has 1 fully saturated rings. The van der Waals surface area contributed by atoms with Crippen molar-refractivity contribution >= 4 is 0 Å². The van der Waals surface area contributed by atoms with E-state index in [0.717, 1.165) is 0 Å². The van der Waals surface area contributed by atoms with Gasteiger partial charge in [0.25, 0.3) is 0 Å². The Hall–Kier alpha value is -0.420. The van der Waals surface area contributed by atoms with Crippen LogP contribution in [0, 0.1) is 0 Å². The summed E-state index contributed by atoms with van der Waals surface area (Å²) >= 11 is 0. The lowest BCUT2D eigenvalue weighted by Gasteiger charge is -2.32. The molecule has 1 saturated heterocycles. The number of rotatable bonds is 1. The van der Waals surface area contributed by atoms with Gasteiger partial charge >= 0.3 is 0 Å². The van der Waals surface area contributed by atoms with Crippen molar-refractivity contribution in [3.63, 3.8) is 0 Å². The predicted octanol–water partition coefficient (Wildman–Crippen LogP) is -0.766. The molecule has 0 amide bonds. The van der Waals surface area contributed by atoms with Crippen molar-refractivity contribution in [1.29, 1.82) is 0 Å². The van der Waals surface area contributed by atoms with E-state index in [4.69, 9.17) is 15.2 Å². The number of methoxy groups -OCH3 is 1. The van der Waals surface area contributed by atoms with Crippen molar-refractivity contribution in [3.8, 4) is 0 Å². The highest BCUT2D eigenvalue weighted by Gasteiger charge is 2.32. The summed E-state index contributed by atoms with van der Waals surface area (Å²) in [6, 6.07) is -0.436. The van der Waals surface area contributed by atoms with Crippen LogP contribution in [0.1, 0.15) is 0 Å². The smallest absolute Gasteiger partial charge is 0.185 e. The molecule has 1 heterocycles. The van der Waals surface area contributed by atoms with E-state index in [-0.39, 0.29) is 0 Å². The van der Waals surface area contributed by atoms with Crippen molar-refractivity contribution in [3.05, 3.63) is 12.2 Å². The minimum Gasteiger partial charge on any atom is -0.386 e. The van der Waals surface area contributed by atoms with Crippen LogP contribution in [0.4, 0.5) is 0 Å². The molecule has 3 atom stereocenters. The SMILES string of the molecule is C=C1CO[C@@H](OC)[C@H](O)[C@H]1N. The van der Waals surface area contributed by atoms with Crippen molar-refractivity contribution in [2.24, 2.45) is 5.73 Å². The van der Waals surface area contributed by atoms with Gasteiger partial charge in [0, 0.05) is 7.11 Å². The standard InChI is InChI=1S/C7H13NO3/c1-4-3-11-7(10-2)6(9)5(4)8/h5-7,9H,1,3,8H2,2H3/t5-,6+,7+/m0/s1. The average molecular weight is 159 g/mol. The Balaban J connectivity index is 2.59. The van der Waals surface area contributed by atoms with Gasteiger partial charge in [0.2, 0.25) is 0 Å². The number of aliphatic hydroxyl groups is 1. The van der Waals surface area contributed by atoms with Gasteiger partial charge in [-0.05, 0) is 5.57 Å². The van der Waals surface area contributed by atoms with E-state index >= 15 is 0 Å². The van der Waals surface area contributed by atoms with Gasteiger partial charge in [0.05, 0.1) is 12.6 Å². The van der Waals surface area contributed by atoms with Gasteiger partial charge in [0.1, 0.15) is 6.10 Å². The number of aliphatic hydroxyl groups excluding tert-OH is 1. The Bertz CT molecular complexity index is 160. The van der Waals surface area contributed by atoms with E-state index in [1.807, 2.05) is 0 Å². The van der Waals surface area contributed by atoms with Gasteiger partial charge in [-0.25, -0.2) is 0 Å². The summed E-state index contributed by atoms with van der Waals surface area (Å²) in [5.41, 5.74) is 6.28. The molecule has 0 aromatic heterocycles. The minimum absolute atomic E-state index is 0.358. The number of hydrogen-bond donors (Lipinski definition) is 2. The normalized spacial score (nSPS) is 39.2. The summed E-state index contributed by atoms with van der Waals surface area (Å²) in [5, 5.41) is 9.37. The van der Waals surface area contributed by atoms with Crippen molar-refractivity contribution < 1.29 is 14.6 Å². The van der Waals surface area contributed by atoms with Crippen LogP contribution in [0.2, 0.25) is 0 Å². The van der Waals surface area contributed by atoms with Crippen LogP contribution in [-0.4, -0.2) is 37.3 Å². The lowest BCUT2D eigenvalue weighted by Crippen LogP contribution is -2.51. The molecule has 0 bridgehead atoms. The van der Waals surface area contributed by atoms with E-state index in [2.05, 4.69) is 6.58 Å². The highest BCUT2D eigenvalue weighted by Crippen LogP contribution is 2.16. The second kappa shape index (κ2) is 3.32. The molecule has 4 heteroatoms. The van der Waals surface area contributed by atoms with Crippen molar-refractivity contribution in [2.75, 3.05) is 13.7 Å². The third-order valence-electron chi connectivity index (χ3n) is 1.78. The van der Waals surface area contributed by atoms with E-state index < -0.39 is 18.4 Å². The molecule has 0 aromatic rings. The predicted molar refractivity (Wildman–Crippen MR) is 39.9 cm³/mol. The molecule has 0 saturated carbocycles. The lowest BCUT2D eigenvalue weighted by molar-refractivity contribution is -0.192. The molecule has 0 radical (unpaired) electrons. The Morgan fingerprint density at radius 2 is 2.45 bits per heavy atom. The van der Waals surface area contributed by atoms with Gasteiger partial charge in [-0.3, -0.25) is 0 Å². The summed E-state index contributed by atoms with van der Waals surface area (Å²) in [6.45, 7) is 4.01. The molecule has 1 aliphatic rings. The fourth-order valence-electron chi connectivity index (χ4n) is 1.00. The third-order valence-corrected chi connectivity index (χ3v) is 1.78. The average Bonchev–Trinajstić information content (AvgIpc) is 2.01. The van der Waals surface area contributed by atoms with E-state index in [0.29, 0.717) is 12.2 Å². The molecule has 3 N–H and O–H groups in total. The molecule has 0 aliphatic carbocycles. The second-order valence-corrected chi connectivity index (χ2v) is 2.59. The zero-order valence-corrected chi connectivity index (χ0v) is 6.49. The van der Waals surface area contributed by atoms with Gasteiger partial charge in [-0.1, -0.05) is 6.58 Å². The number of ether oxygens (including phenoxy) is 2. The third kappa shape index (κ3) is 1.59. The van der Waals surface area contributed by atoms with Crippen LogP contribution < -0.4 is 5.73 Å². The van der Waals surface area contributed by atoms with Gasteiger partial charge in [-0.2, -0.15) is 0 Å². The maximum atomic E-state index is 9.37. The number of hydrogen-bond acceptors (Lipinski definition) is 4. The summed E-state index contributed by atoms with van der Waals surface area (Å²) in [4.78, 5) is 0. The van der Waals surface area contributed by atoms with Gasteiger partial charge in [-0.15, -0.1) is 0 Å². The maximum Gasteiger partial charge on any atom is 0.185 e. The molecule has 1 rings (SSSR count). The summed E-state index contributed by atoms with van der Waals surface area (Å²) in [5.74, 6) is 0. The minimum atomic E-state index is -0.804. The summed E-state index contributed by atoms with van der Waals surface area (Å²) in [6.07, 6.45) is -1.42. The van der Waals surface area contributed by atoms with Crippen molar-refractivity contribution in [1.82, 2.24) is 0 Å². The number of nitrogens with two attached hydrogens (primary N) is 1. The topological polar surface area (TPSA) is 64.7 Å². The lowest BCUT2D eigenvalue weighted by atomic mass is 10.0. The van der Waals surface area contributed by atoms with Crippen LogP contribution in [0.25, 0.3) is 0 Å². The molecule has 11 heavy (non-hydrogen) atoms. The molecule has 0 aromatic carbocycles. The van der Waals surface area contributed by atoms with Crippen LogP contribution >= 0.6 is 0 Å². The first-order valence-corrected chi connectivity index (χ1v) is 3.42. The Morgan fingerprint density at radius 1 is 1.82 bits per heavy atom. The maximum absolute atomic E-state index is 9.37. The van der Waals surface area contributed by atoms with Gasteiger partial charge in [0.15, 0.2) is 6.29 Å². The fraction of sp³-hybridized carbons (Fsp3) is 0.714. The molecular weight excluding hydrogens is 146 g/mol. The summed E-state index contributed by atoms with van der Waals surface area (Å²) in [7, 11) is 1.47. The van der Waals surface area contributed by atoms with Gasteiger partial charge < -0.3 is 20.3 Å². The molecule has 0 spiro atoms. The molecule has 64 valence electrons. The fourth-order valence-corrected chi connectivity index (χ4v) is 1.00. The molecule has 0 unspecified atom stereocenters. The van der Waals surface area contributed by atoms with Crippen LogP contribution in [-0.2, 0) is 9.47 Å². The first-order chi connectivity index (χ1) is 5.16. The van der Waals surface area contributed by atoms with E-state index in [1.54, 1.807) is 0 Å². The first-order valence-electron chi connectivity index (χ1n) is 3.42. The monoisotopic (exact) mass is 159 g/mol. The zero-order chi connectivity index (χ0) is 8.43.